The molecule has 0 aliphatic rings. The first-order valence-corrected chi connectivity index (χ1v) is 11.9. The highest BCUT2D eigenvalue weighted by Crippen LogP contribution is 2.36. The van der Waals surface area contributed by atoms with Crippen molar-refractivity contribution in [2.45, 2.75) is 47.8 Å². The van der Waals surface area contributed by atoms with Crippen LogP contribution in [0, 0.1) is 34.6 Å². The molecule has 0 amide bonds. The predicted octanol–water partition coefficient (Wildman–Crippen LogP) is 6.10. The lowest BCUT2D eigenvalue weighted by molar-refractivity contribution is 0.178. The number of hydrogen-bond donors (Lipinski definition) is 0. The number of fused-ring (bicyclic) bond motifs is 3. The van der Waals surface area contributed by atoms with Crippen LogP contribution in [0.3, 0.4) is 0 Å². The number of methoxy groups -OCH3 is 2. The van der Waals surface area contributed by atoms with Crippen LogP contribution in [0.25, 0.3) is 27.8 Å². The van der Waals surface area contributed by atoms with Gasteiger partial charge in [0.2, 0.25) is 0 Å². The van der Waals surface area contributed by atoms with Crippen molar-refractivity contribution < 1.29 is 9.47 Å². The van der Waals surface area contributed by atoms with E-state index < -0.39 is 0 Å². The quantitative estimate of drug-likeness (QED) is 0.302. The van der Waals surface area contributed by atoms with E-state index >= 15 is 0 Å². The first-order valence-electron chi connectivity index (χ1n) is 11.9. The molecular weight excluding hydrogens is 436 g/mol. The van der Waals surface area contributed by atoms with Gasteiger partial charge in [0.15, 0.2) is 5.65 Å². The van der Waals surface area contributed by atoms with Gasteiger partial charge in [0.25, 0.3) is 0 Å². The molecule has 6 heteroatoms. The van der Waals surface area contributed by atoms with Crippen molar-refractivity contribution in [2.24, 2.45) is 0 Å². The summed E-state index contributed by atoms with van der Waals surface area (Å²) in [5, 5.41) is 6.12. The third-order valence-corrected chi connectivity index (χ3v) is 6.75. The van der Waals surface area contributed by atoms with Crippen LogP contribution in [0.15, 0.2) is 42.5 Å². The summed E-state index contributed by atoms with van der Waals surface area (Å²) in [6.45, 7) is 11.8. The summed E-state index contributed by atoms with van der Waals surface area (Å²) in [5.74, 6) is 0.845. The number of hydrogen-bond acceptors (Lipinski definition) is 4. The normalized spacial score (nSPS) is 11.6. The number of ether oxygens (including phenoxy) is 2. The van der Waals surface area contributed by atoms with Gasteiger partial charge in [-0.1, -0.05) is 29.8 Å². The van der Waals surface area contributed by atoms with Gasteiger partial charge in [-0.15, -0.1) is 0 Å². The Balaban J connectivity index is 1.81. The SMILES string of the molecule is COCc1cc2c(C)nc3c(-c4c(C)cc(C)cc4C)c(C)nn3c2n1Cc1cccc(OC)c1. The summed E-state index contributed by atoms with van der Waals surface area (Å²) in [5.41, 5.74) is 12.2. The van der Waals surface area contributed by atoms with E-state index in [4.69, 9.17) is 19.6 Å². The lowest BCUT2D eigenvalue weighted by atomic mass is 9.94. The summed E-state index contributed by atoms with van der Waals surface area (Å²) in [4.78, 5) is 5.08. The number of aromatic nitrogens is 4. The maximum atomic E-state index is 5.58. The van der Waals surface area contributed by atoms with Crippen molar-refractivity contribution in [1.29, 1.82) is 0 Å². The van der Waals surface area contributed by atoms with Gasteiger partial charge in [-0.3, -0.25) is 0 Å². The number of nitrogens with zero attached hydrogens (tertiary/aromatic N) is 4. The molecule has 0 unspecified atom stereocenters. The first-order chi connectivity index (χ1) is 16.8. The molecule has 3 heterocycles. The maximum Gasteiger partial charge on any atom is 0.165 e. The third kappa shape index (κ3) is 3.88. The van der Waals surface area contributed by atoms with E-state index in [9.17, 15) is 0 Å². The van der Waals surface area contributed by atoms with Gasteiger partial charge in [-0.25, -0.2) is 4.98 Å². The van der Waals surface area contributed by atoms with Gasteiger partial charge in [-0.2, -0.15) is 9.61 Å². The van der Waals surface area contributed by atoms with E-state index in [1.165, 1.54) is 22.3 Å². The van der Waals surface area contributed by atoms with Crippen LogP contribution >= 0.6 is 0 Å². The molecular formula is C29H32N4O2. The zero-order valence-electron chi connectivity index (χ0n) is 21.6. The van der Waals surface area contributed by atoms with Crippen LogP contribution in [-0.2, 0) is 17.9 Å². The predicted molar refractivity (Wildman–Crippen MR) is 140 cm³/mol. The Morgan fingerprint density at radius 2 is 1.60 bits per heavy atom. The number of aryl methyl sites for hydroxylation is 5. The van der Waals surface area contributed by atoms with Gasteiger partial charge in [0.05, 0.1) is 30.7 Å². The van der Waals surface area contributed by atoms with E-state index in [1.807, 2.05) is 16.6 Å². The molecule has 2 aromatic carbocycles. The third-order valence-electron chi connectivity index (χ3n) is 6.75. The molecule has 0 fully saturated rings. The molecule has 0 aliphatic carbocycles. The Bertz CT molecular complexity index is 1550. The second kappa shape index (κ2) is 8.86. The average molecular weight is 469 g/mol. The number of benzene rings is 2. The molecule has 0 atom stereocenters. The highest BCUT2D eigenvalue weighted by Gasteiger charge is 2.22. The van der Waals surface area contributed by atoms with Crippen molar-refractivity contribution in [3.63, 3.8) is 0 Å². The Morgan fingerprint density at radius 1 is 0.857 bits per heavy atom. The largest absolute Gasteiger partial charge is 0.497 e. The highest BCUT2D eigenvalue weighted by molar-refractivity contribution is 5.90. The fourth-order valence-electron chi connectivity index (χ4n) is 5.33. The molecule has 180 valence electrons. The zero-order chi connectivity index (χ0) is 24.9. The van der Waals surface area contributed by atoms with Gasteiger partial charge < -0.3 is 14.0 Å². The van der Waals surface area contributed by atoms with Crippen LogP contribution in [0.1, 0.15) is 39.3 Å². The van der Waals surface area contributed by atoms with Gasteiger partial charge in [0.1, 0.15) is 11.4 Å². The van der Waals surface area contributed by atoms with Gasteiger partial charge in [-0.05, 0) is 75.1 Å². The molecule has 0 spiro atoms. The van der Waals surface area contributed by atoms with Gasteiger partial charge in [0, 0.05) is 24.7 Å². The summed E-state index contributed by atoms with van der Waals surface area (Å²) < 4.78 is 15.4. The Hall–Kier alpha value is -3.64. The second-order valence-electron chi connectivity index (χ2n) is 9.41. The van der Waals surface area contributed by atoms with E-state index in [2.05, 4.69) is 69.5 Å². The summed E-state index contributed by atoms with van der Waals surface area (Å²) >= 11 is 0. The van der Waals surface area contributed by atoms with E-state index in [0.717, 1.165) is 50.6 Å². The molecule has 0 saturated heterocycles. The van der Waals surface area contributed by atoms with Crippen LogP contribution in [0.4, 0.5) is 0 Å². The van der Waals surface area contributed by atoms with E-state index in [1.54, 1.807) is 14.2 Å². The van der Waals surface area contributed by atoms with Crippen LogP contribution in [0.5, 0.6) is 5.75 Å². The first kappa shape index (κ1) is 23.1. The van der Waals surface area contributed by atoms with Gasteiger partial charge >= 0.3 is 0 Å². The van der Waals surface area contributed by atoms with Crippen molar-refractivity contribution in [3.8, 4) is 16.9 Å². The van der Waals surface area contributed by atoms with E-state index in [0.29, 0.717) is 13.2 Å². The minimum absolute atomic E-state index is 0.503. The van der Waals surface area contributed by atoms with Crippen LogP contribution < -0.4 is 4.74 Å². The molecule has 3 aromatic heterocycles. The lowest BCUT2D eigenvalue weighted by Gasteiger charge is -2.13. The summed E-state index contributed by atoms with van der Waals surface area (Å²) in [6.07, 6.45) is 0. The van der Waals surface area contributed by atoms with Crippen molar-refractivity contribution >= 4 is 16.7 Å². The molecule has 0 saturated carbocycles. The molecule has 0 bridgehead atoms. The summed E-state index contributed by atoms with van der Waals surface area (Å²) in [7, 11) is 3.43. The molecule has 5 rings (SSSR count). The minimum Gasteiger partial charge on any atom is -0.497 e. The molecule has 5 aromatic rings. The monoisotopic (exact) mass is 468 g/mol. The van der Waals surface area contributed by atoms with E-state index in [-0.39, 0.29) is 0 Å². The van der Waals surface area contributed by atoms with Crippen molar-refractivity contribution in [1.82, 2.24) is 19.2 Å². The van der Waals surface area contributed by atoms with Crippen molar-refractivity contribution in [2.75, 3.05) is 14.2 Å². The Morgan fingerprint density at radius 3 is 2.29 bits per heavy atom. The molecule has 0 N–H and O–H groups in total. The number of rotatable bonds is 6. The fourth-order valence-corrected chi connectivity index (χ4v) is 5.33. The molecule has 35 heavy (non-hydrogen) atoms. The highest BCUT2D eigenvalue weighted by atomic mass is 16.5. The Labute approximate surface area is 206 Å². The average Bonchev–Trinajstić information content (AvgIpc) is 3.32. The minimum atomic E-state index is 0.503. The smallest absolute Gasteiger partial charge is 0.165 e. The zero-order valence-corrected chi connectivity index (χ0v) is 21.6. The fraction of sp³-hybridized carbons (Fsp3) is 0.310. The summed E-state index contributed by atoms with van der Waals surface area (Å²) in [6, 6.07) is 14.8. The molecule has 0 radical (unpaired) electrons. The standard InChI is InChI=1S/C29H32N4O2/c1-17-11-18(2)26(19(3)12-17)27-21(5)31-33-28(27)30-20(4)25-14-23(16-34-6)32(29(25)33)15-22-9-8-10-24(13-22)35-7/h8-14H,15-16H2,1-7H3. The van der Waals surface area contributed by atoms with Crippen LogP contribution in [-0.4, -0.2) is 33.4 Å². The van der Waals surface area contributed by atoms with Crippen molar-refractivity contribution in [3.05, 3.63) is 81.8 Å². The topological polar surface area (TPSA) is 53.6 Å². The lowest BCUT2D eigenvalue weighted by Crippen LogP contribution is -2.09. The molecule has 0 aliphatic heterocycles. The maximum absolute atomic E-state index is 5.58. The molecule has 6 nitrogen and oxygen atoms in total. The van der Waals surface area contributed by atoms with Crippen LogP contribution in [0.2, 0.25) is 0 Å². The second-order valence-corrected chi connectivity index (χ2v) is 9.41. The Kier molecular flexibility index (Phi) is 5.85.